The maximum Gasteiger partial charge on any atom is 0.358 e. The molecule has 8 heteroatoms. The molecule has 0 unspecified atom stereocenters. The highest BCUT2D eigenvalue weighted by Gasteiger charge is 2.14. The summed E-state index contributed by atoms with van der Waals surface area (Å²) in [5.41, 5.74) is 6.05. The van der Waals surface area contributed by atoms with Gasteiger partial charge >= 0.3 is 5.97 Å². The summed E-state index contributed by atoms with van der Waals surface area (Å²) in [6.07, 6.45) is 2.80. The van der Waals surface area contributed by atoms with Crippen LogP contribution in [0, 0.1) is 0 Å². The Bertz CT molecular complexity index is 650. The number of anilines is 1. The fourth-order valence-electron chi connectivity index (χ4n) is 1.50. The van der Waals surface area contributed by atoms with Gasteiger partial charge in [-0.05, 0) is 12.1 Å². The summed E-state index contributed by atoms with van der Waals surface area (Å²) in [6, 6.07) is 3.07. The maximum atomic E-state index is 11.5. The van der Waals surface area contributed by atoms with Crippen molar-refractivity contribution in [3.05, 3.63) is 35.9 Å². The number of hydrogen-bond donors (Lipinski definition) is 3. The molecule has 0 radical (unpaired) electrons. The molecule has 19 heavy (non-hydrogen) atoms. The molecule has 0 spiro atoms. The van der Waals surface area contributed by atoms with Crippen molar-refractivity contribution in [1.29, 1.82) is 0 Å². The molecule has 0 aliphatic rings. The monoisotopic (exact) mass is 261 g/mol. The van der Waals surface area contributed by atoms with Crippen LogP contribution in [0.5, 0.6) is 0 Å². The van der Waals surface area contributed by atoms with Crippen LogP contribution in [-0.2, 0) is 0 Å². The van der Waals surface area contributed by atoms with E-state index in [-0.39, 0.29) is 23.0 Å². The molecule has 2 heterocycles. The SMILES string of the molecule is CNC(=O)c1cc(-n2cc(N)c(C(=O)O)n2)ccn1. The number of carbonyl (C=O) groups is 2. The number of hydrogen-bond acceptors (Lipinski definition) is 5. The van der Waals surface area contributed by atoms with Crippen LogP contribution in [0.15, 0.2) is 24.5 Å². The van der Waals surface area contributed by atoms with Crippen LogP contribution in [0.1, 0.15) is 21.0 Å². The lowest BCUT2D eigenvalue weighted by molar-refractivity contribution is 0.0691. The highest BCUT2D eigenvalue weighted by molar-refractivity contribution is 5.93. The van der Waals surface area contributed by atoms with E-state index in [4.69, 9.17) is 10.8 Å². The summed E-state index contributed by atoms with van der Waals surface area (Å²) in [5, 5.41) is 15.2. The average Bonchev–Trinajstić information content (AvgIpc) is 2.80. The molecule has 0 bridgehead atoms. The van der Waals surface area contributed by atoms with Crippen LogP contribution in [0.2, 0.25) is 0 Å². The third kappa shape index (κ3) is 2.37. The smallest absolute Gasteiger partial charge is 0.358 e. The summed E-state index contributed by atoms with van der Waals surface area (Å²) in [7, 11) is 1.49. The number of amides is 1. The van der Waals surface area contributed by atoms with Crippen LogP contribution in [0.4, 0.5) is 5.69 Å². The summed E-state index contributed by atoms with van der Waals surface area (Å²) in [4.78, 5) is 26.2. The minimum atomic E-state index is -1.21. The standard InChI is InChI=1S/C11H11N5O3/c1-13-10(17)8-4-6(2-3-14-8)16-5-7(12)9(15-16)11(18)19/h2-5H,12H2,1H3,(H,13,17)(H,18,19). The molecule has 0 fully saturated rings. The number of carboxylic acid groups (broad SMARTS) is 1. The number of rotatable bonds is 3. The van der Waals surface area contributed by atoms with Gasteiger partial charge in [0, 0.05) is 13.2 Å². The van der Waals surface area contributed by atoms with Crippen molar-refractivity contribution in [1.82, 2.24) is 20.1 Å². The summed E-state index contributed by atoms with van der Waals surface area (Å²) >= 11 is 0. The van der Waals surface area contributed by atoms with E-state index >= 15 is 0 Å². The number of carboxylic acids is 1. The van der Waals surface area contributed by atoms with Crippen LogP contribution >= 0.6 is 0 Å². The predicted molar refractivity (Wildman–Crippen MR) is 66.1 cm³/mol. The molecule has 0 aliphatic heterocycles. The number of pyridine rings is 1. The number of nitrogens with one attached hydrogen (secondary N) is 1. The molecule has 0 saturated heterocycles. The third-order valence-electron chi connectivity index (χ3n) is 2.41. The van der Waals surface area contributed by atoms with Gasteiger partial charge in [-0.2, -0.15) is 5.10 Å². The Morgan fingerprint density at radius 3 is 2.79 bits per heavy atom. The molecular weight excluding hydrogens is 250 g/mol. The lowest BCUT2D eigenvalue weighted by atomic mass is 10.3. The van der Waals surface area contributed by atoms with E-state index in [1.54, 1.807) is 6.07 Å². The first-order valence-electron chi connectivity index (χ1n) is 5.30. The second kappa shape index (κ2) is 4.77. The Kier molecular flexibility index (Phi) is 3.15. The van der Waals surface area contributed by atoms with E-state index < -0.39 is 5.97 Å². The van der Waals surface area contributed by atoms with Crippen molar-refractivity contribution >= 4 is 17.6 Å². The van der Waals surface area contributed by atoms with Gasteiger partial charge < -0.3 is 16.2 Å². The van der Waals surface area contributed by atoms with Crippen molar-refractivity contribution in [3.8, 4) is 5.69 Å². The largest absolute Gasteiger partial charge is 0.476 e. The van der Waals surface area contributed by atoms with Gasteiger partial charge in [-0.1, -0.05) is 0 Å². The van der Waals surface area contributed by atoms with E-state index in [1.165, 1.54) is 30.2 Å². The van der Waals surface area contributed by atoms with Gasteiger partial charge in [0.25, 0.3) is 5.91 Å². The second-order valence-corrected chi connectivity index (χ2v) is 3.66. The highest BCUT2D eigenvalue weighted by Crippen LogP contribution is 2.14. The van der Waals surface area contributed by atoms with Gasteiger partial charge in [0.1, 0.15) is 5.69 Å². The van der Waals surface area contributed by atoms with Crippen molar-refractivity contribution in [3.63, 3.8) is 0 Å². The van der Waals surface area contributed by atoms with Crippen molar-refractivity contribution in [2.24, 2.45) is 0 Å². The lowest BCUT2D eigenvalue weighted by Crippen LogP contribution is -2.19. The Hall–Kier alpha value is -2.90. The van der Waals surface area contributed by atoms with E-state index in [9.17, 15) is 9.59 Å². The highest BCUT2D eigenvalue weighted by atomic mass is 16.4. The molecule has 2 aromatic heterocycles. The van der Waals surface area contributed by atoms with Crippen molar-refractivity contribution < 1.29 is 14.7 Å². The summed E-state index contributed by atoms with van der Waals surface area (Å²) < 4.78 is 1.28. The Labute approximate surface area is 107 Å². The van der Waals surface area contributed by atoms with Crippen molar-refractivity contribution in [2.75, 3.05) is 12.8 Å². The van der Waals surface area contributed by atoms with E-state index in [0.29, 0.717) is 5.69 Å². The molecule has 2 rings (SSSR count). The van der Waals surface area contributed by atoms with E-state index in [0.717, 1.165) is 0 Å². The first kappa shape index (κ1) is 12.6. The number of aromatic nitrogens is 3. The third-order valence-corrected chi connectivity index (χ3v) is 2.41. The molecule has 0 aliphatic carbocycles. The van der Waals surface area contributed by atoms with Crippen LogP contribution in [-0.4, -0.2) is 38.8 Å². The molecule has 0 aromatic carbocycles. The lowest BCUT2D eigenvalue weighted by Gasteiger charge is -2.03. The molecule has 4 N–H and O–H groups in total. The average molecular weight is 261 g/mol. The van der Waals surface area contributed by atoms with Gasteiger partial charge in [0.2, 0.25) is 0 Å². The molecule has 0 atom stereocenters. The van der Waals surface area contributed by atoms with Crippen LogP contribution in [0.3, 0.4) is 0 Å². The zero-order chi connectivity index (χ0) is 14.0. The van der Waals surface area contributed by atoms with Crippen LogP contribution in [0.25, 0.3) is 5.69 Å². The minimum absolute atomic E-state index is 0.0470. The molecule has 2 aromatic rings. The number of nitrogen functional groups attached to an aromatic ring is 1. The van der Waals surface area contributed by atoms with Crippen LogP contribution < -0.4 is 11.1 Å². The zero-order valence-corrected chi connectivity index (χ0v) is 9.99. The van der Waals surface area contributed by atoms with Gasteiger partial charge in [0.15, 0.2) is 5.69 Å². The van der Waals surface area contributed by atoms with Gasteiger partial charge in [0.05, 0.1) is 17.6 Å². The first-order valence-corrected chi connectivity index (χ1v) is 5.30. The fraction of sp³-hybridized carbons (Fsp3) is 0.0909. The second-order valence-electron chi connectivity index (χ2n) is 3.66. The fourth-order valence-corrected chi connectivity index (χ4v) is 1.50. The number of aromatic carboxylic acids is 1. The predicted octanol–water partition coefficient (Wildman–Crippen LogP) is -0.0927. The van der Waals surface area contributed by atoms with Crippen molar-refractivity contribution in [2.45, 2.75) is 0 Å². The summed E-state index contributed by atoms with van der Waals surface area (Å²) in [5.74, 6) is -1.56. The molecule has 98 valence electrons. The van der Waals surface area contributed by atoms with Gasteiger partial charge in [-0.15, -0.1) is 0 Å². The molecular formula is C11H11N5O3. The first-order chi connectivity index (χ1) is 9.02. The minimum Gasteiger partial charge on any atom is -0.476 e. The Morgan fingerprint density at radius 2 is 2.21 bits per heavy atom. The normalized spacial score (nSPS) is 10.2. The number of nitrogens with zero attached hydrogens (tertiary/aromatic N) is 3. The topological polar surface area (TPSA) is 123 Å². The quantitative estimate of drug-likeness (QED) is 0.709. The molecule has 8 nitrogen and oxygen atoms in total. The molecule has 0 saturated carbocycles. The molecule has 1 amide bonds. The van der Waals surface area contributed by atoms with E-state index in [1.807, 2.05) is 0 Å². The van der Waals surface area contributed by atoms with Gasteiger partial charge in [-0.25, -0.2) is 9.48 Å². The summed E-state index contributed by atoms with van der Waals surface area (Å²) in [6.45, 7) is 0. The number of nitrogens with two attached hydrogens (primary N) is 1. The maximum absolute atomic E-state index is 11.5. The number of carbonyl (C=O) groups excluding carboxylic acids is 1. The zero-order valence-electron chi connectivity index (χ0n) is 9.99. The van der Waals surface area contributed by atoms with E-state index in [2.05, 4.69) is 15.4 Å². The Morgan fingerprint density at radius 1 is 1.47 bits per heavy atom. The Balaban J connectivity index is 2.45. The van der Waals surface area contributed by atoms with Gasteiger partial charge in [-0.3, -0.25) is 9.78 Å².